The first kappa shape index (κ1) is 16.4. The average molecular weight is 265 g/mol. The summed E-state index contributed by atoms with van der Waals surface area (Å²) in [7, 11) is 0. The smallest absolute Gasteiger partial charge is 0.284 e. The molecule has 3 N–H and O–H groups in total. The topological polar surface area (TPSA) is 49.9 Å². The van der Waals surface area contributed by atoms with Gasteiger partial charge in [0.05, 0.1) is 12.8 Å². The molecule has 0 aromatic heterocycles. The third-order valence-electron chi connectivity index (χ3n) is 4.56. The first-order chi connectivity index (χ1) is 9.24. The van der Waals surface area contributed by atoms with Crippen LogP contribution in [0.5, 0.6) is 0 Å². The summed E-state index contributed by atoms with van der Waals surface area (Å²) >= 11 is 0. The van der Waals surface area contributed by atoms with E-state index in [1.807, 2.05) is 0 Å². The van der Waals surface area contributed by atoms with Crippen LogP contribution in [-0.4, -0.2) is 5.84 Å². The lowest BCUT2D eigenvalue weighted by atomic mass is 9.79. The van der Waals surface area contributed by atoms with Gasteiger partial charge >= 0.3 is 0 Å². The van der Waals surface area contributed by atoms with E-state index >= 15 is 0 Å². The Bertz CT molecular complexity index is 229. The quantitative estimate of drug-likeness (QED) is 0.242. The first-order valence-electron chi connectivity index (χ1n) is 8.43. The number of hydrogen-bond acceptors (Lipinski definition) is 1. The van der Waals surface area contributed by atoms with Gasteiger partial charge in [-0.25, -0.2) is 5.41 Å². The molecule has 1 aliphatic carbocycles. The van der Waals surface area contributed by atoms with Gasteiger partial charge in [-0.2, -0.15) is 0 Å². The molecule has 0 amide bonds. The van der Waals surface area contributed by atoms with Crippen LogP contribution in [-0.2, 0) is 0 Å². The molecule has 2 nitrogen and oxygen atoms in total. The highest BCUT2D eigenvalue weighted by Gasteiger charge is 2.31. The van der Waals surface area contributed by atoms with Crippen molar-refractivity contribution >= 4 is 5.84 Å². The molecular formula is C17H33N2+. The number of amidine groups is 1. The van der Waals surface area contributed by atoms with Crippen LogP contribution in [0.3, 0.4) is 0 Å². The minimum Gasteiger partial charge on any atom is -0.348 e. The van der Waals surface area contributed by atoms with E-state index in [2.05, 4.69) is 6.92 Å². The van der Waals surface area contributed by atoms with Gasteiger partial charge in [-0.1, -0.05) is 64.7 Å². The van der Waals surface area contributed by atoms with Crippen LogP contribution in [0.4, 0.5) is 0 Å². The molecule has 0 atom stereocenters. The highest BCUT2D eigenvalue weighted by atomic mass is 14.7. The third kappa shape index (κ3) is 7.49. The van der Waals surface area contributed by atoms with Crippen molar-refractivity contribution in [1.82, 2.24) is 0 Å². The molecule has 1 fully saturated rings. The number of nitrogens with one attached hydrogen (secondary N) is 1. The van der Waals surface area contributed by atoms with Gasteiger partial charge in [-0.05, 0) is 18.8 Å². The van der Waals surface area contributed by atoms with E-state index < -0.39 is 0 Å². The maximum atomic E-state index is 7.46. The average Bonchev–Trinajstić information content (AvgIpc) is 2.42. The summed E-state index contributed by atoms with van der Waals surface area (Å²) in [6, 6.07) is 0. The van der Waals surface area contributed by atoms with Crippen LogP contribution in [0.2, 0.25) is 0 Å². The largest absolute Gasteiger partial charge is 0.348 e. The Labute approximate surface area is 120 Å². The van der Waals surface area contributed by atoms with Gasteiger partial charge in [0.1, 0.15) is 0 Å². The van der Waals surface area contributed by atoms with Crippen molar-refractivity contribution in [3.05, 3.63) is 5.92 Å². The maximum absolute atomic E-state index is 7.46. The van der Waals surface area contributed by atoms with E-state index in [1.165, 1.54) is 76.5 Å². The SMILES string of the molecule is CCCCCCCCCCC1CC[C+](C(=N)N)CC1. The molecule has 0 aliphatic heterocycles. The molecule has 1 rings (SSSR count). The van der Waals surface area contributed by atoms with Gasteiger partial charge in [0.15, 0.2) is 5.92 Å². The molecule has 0 heterocycles. The molecule has 0 saturated heterocycles. The number of hydrogen-bond donors (Lipinski definition) is 2. The fourth-order valence-electron chi connectivity index (χ4n) is 3.15. The predicted octanol–water partition coefficient (Wildman–Crippen LogP) is 5.22. The van der Waals surface area contributed by atoms with E-state index in [-0.39, 0.29) is 0 Å². The Morgan fingerprint density at radius 3 is 2.05 bits per heavy atom. The van der Waals surface area contributed by atoms with Crippen molar-refractivity contribution in [2.24, 2.45) is 11.7 Å². The van der Waals surface area contributed by atoms with Gasteiger partial charge in [-0.15, -0.1) is 0 Å². The zero-order valence-corrected chi connectivity index (χ0v) is 12.8. The summed E-state index contributed by atoms with van der Waals surface area (Å²) in [4.78, 5) is 0. The second-order valence-electron chi connectivity index (χ2n) is 6.22. The lowest BCUT2D eigenvalue weighted by Gasteiger charge is -2.20. The maximum Gasteiger partial charge on any atom is 0.284 e. The first-order valence-corrected chi connectivity index (χ1v) is 8.43. The van der Waals surface area contributed by atoms with E-state index in [0.717, 1.165) is 18.8 Å². The molecule has 0 aromatic rings. The van der Waals surface area contributed by atoms with Crippen molar-refractivity contribution in [1.29, 1.82) is 5.41 Å². The molecule has 110 valence electrons. The van der Waals surface area contributed by atoms with Crippen molar-refractivity contribution in [3.8, 4) is 0 Å². The third-order valence-corrected chi connectivity index (χ3v) is 4.56. The van der Waals surface area contributed by atoms with Gasteiger partial charge in [0, 0.05) is 0 Å². The monoisotopic (exact) mass is 265 g/mol. The molecule has 0 bridgehead atoms. The van der Waals surface area contributed by atoms with E-state index in [9.17, 15) is 0 Å². The van der Waals surface area contributed by atoms with E-state index in [0.29, 0.717) is 5.84 Å². The zero-order chi connectivity index (χ0) is 13.9. The summed E-state index contributed by atoms with van der Waals surface area (Å²) in [5.41, 5.74) is 5.55. The summed E-state index contributed by atoms with van der Waals surface area (Å²) < 4.78 is 0. The van der Waals surface area contributed by atoms with Crippen LogP contribution in [0.25, 0.3) is 0 Å². The molecule has 0 radical (unpaired) electrons. The molecular weight excluding hydrogens is 232 g/mol. The Balaban J connectivity index is 1.89. The molecule has 0 aromatic carbocycles. The van der Waals surface area contributed by atoms with Crippen molar-refractivity contribution in [2.75, 3.05) is 0 Å². The van der Waals surface area contributed by atoms with Crippen LogP contribution in [0, 0.1) is 17.2 Å². The number of nitrogens with two attached hydrogens (primary N) is 1. The normalized spacial score (nSPS) is 16.8. The molecule has 2 heteroatoms. The van der Waals surface area contributed by atoms with Crippen molar-refractivity contribution < 1.29 is 0 Å². The molecule has 0 spiro atoms. The zero-order valence-electron chi connectivity index (χ0n) is 12.8. The number of rotatable bonds is 10. The fraction of sp³-hybridized carbons (Fsp3) is 0.882. The Morgan fingerprint density at radius 2 is 1.53 bits per heavy atom. The summed E-state index contributed by atoms with van der Waals surface area (Å²) in [6.07, 6.45) is 17.4. The van der Waals surface area contributed by atoms with Gasteiger partial charge in [-0.3, -0.25) is 0 Å². The highest BCUT2D eigenvalue weighted by Crippen LogP contribution is 2.33. The summed E-state index contributed by atoms with van der Waals surface area (Å²) in [5.74, 6) is 2.45. The minimum absolute atomic E-state index is 0.338. The predicted molar refractivity (Wildman–Crippen MR) is 84.3 cm³/mol. The van der Waals surface area contributed by atoms with Crippen LogP contribution in [0.1, 0.15) is 90.4 Å². The van der Waals surface area contributed by atoms with Crippen molar-refractivity contribution in [3.63, 3.8) is 0 Å². The van der Waals surface area contributed by atoms with Crippen molar-refractivity contribution in [2.45, 2.75) is 90.4 Å². The second kappa shape index (κ2) is 10.2. The number of unbranched alkanes of at least 4 members (excludes halogenated alkanes) is 7. The lowest BCUT2D eigenvalue weighted by molar-refractivity contribution is 0.354. The Hall–Kier alpha value is -0.660. The van der Waals surface area contributed by atoms with Gasteiger partial charge in [0.2, 0.25) is 0 Å². The standard InChI is InChI=1S/C17H33N2/c1-2-3-4-5-6-7-8-9-10-15-11-13-16(14-12-15)17(18)19/h15H,2-14H2,1H3,(H3,18,19)/q+1. The van der Waals surface area contributed by atoms with E-state index in [1.54, 1.807) is 0 Å². The molecule has 1 saturated carbocycles. The highest BCUT2D eigenvalue weighted by molar-refractivity contribution is 5.90. The minimum atomic E-state index is 0.338. The fourth-order valence-corrected chi connectivity index (χ4v) is 3.15. The molecule has 0 unspecified atom stereocenters. The Morgan fingerprint density at radius 1 is 1.00 bits per heavy atom. The second-order valence-corrected chi connectivity index (χ2v) is 6.22. The van der Waals surface area contributed by atoms with E-state index in [4.69, 9.17) is 11.1 Å². The van der Waals surface area contributed by atoms with Gasteiger partial charge in [0.25, 0.3) is 5.84 Å². The summed E-state index contributed by atoms with van der Waals surface area (Å²) in [6.45, 7) is 2.28. The molecule has 1 aliphatic rings. The lowest BCUT2D eigenvalue weighted by Crippen LogP contribution is -2.25. The molecule has 19 heavy (non-hydrogen) atoms. The summed E-state index contributed by atoms with van der Waals surface area (Å²) in [5, 5.41) is 7.46. The van der Waals surface area contributed by atoms with Crippen LogP contribution >= 0.6 is 0 Å². The van der Waals surface area contributed by atoms with Gasteiger partial charge < -0.3 is 5.73 Å². The van der Waals surface area contributed by atoms with Crippen LogP contribution < -0.4 is 5.73 Å². The Kier molecular flexibility index (Phi) is 8.77. The van der Waals surface area contributed by atoms with Crippen LogP contribution in [0.15, 0.2) is 0 Å².